The van der Waals surface area contributed by atoms with Crippen molar-refractivity contribution in [2.24, 2.45) is 5.92 Å². The number of fused-ring (bicyclic) bond motifs is 1. The van der Waals surface area contributed by atoms with E-state index in [0.29, 0.717) is 23.8 Å². The normalized spacial score (nSPS) is 24.2. The van der Waals surface area contributed by atoms with Gasteiger partial charge in [0.1, 0.15) is 11.8 Å². The maximum Gasteiger partial charge on any atom is 0.258 e. The van der Waals surface area contributed by atoms with Crippen molar-refractivity contribution in [3.05, 3.63) is 48.5 Å². The summed E-state index contributed by atoms with van der Waals surface area (Å²) in [5.41, 5.74) is 0.524. The van der Waals surface area contributed by atoms with Crippen molar-refractivity contribution in [3.8, 4) is 5.75 Å². The van der Waals surface area contributed by atoms with Gasteiger partial charge in [-0.2, -0.15) is 0 Å². The average Bonchev–Trinajstić information content (AvgIpc) is 3.40. The molecular weight excluding hydrogens is 380 g/mol. The highest BCUT2D eigenvalue weighted by Gasteiger charge is 2.48. The van der Waals surface area contributed by atoms with Crippen LogP contribution in [0.1, 0.15) is 49.4 Å². The van der Waals surface area contributed by atoms with Gasteiger partial charge in [0.15, 0.2) is 0 Å². The van der Waals surface area contributed by atoms with Crippen LogP contribution in [0.5, 0.6) is 5.75 Å². The number of hydrogen-bond acceptors (Lipinski definition) is 4. The molecule has 0 unspecified atom stereocenters. The molecule has 2 aromatic rings. The SMILES string of the molecule is COc1ccccc1C(=O)N1[C@H](C(=O)N[C@H](C)Cn2ccnc2)C[C@H]2CCCC[C@@H]21. The van der Waals surface area contributed by atoms with Gasteiger partial charge in [-0.3, -0.25) is 9.59 Å². The molecule has 7 heteroatoms. The highest BCUT2D eigenvalue weighted by Crippen LogP contribution is 2.41. The molecule has 1 saturated carbocycles. The van der Waals surface area contributed by atoms with Gasteiger partial charge in [0.2, 0.25) is 5.91 Å². The zero-order chi connectivity index (χ0) is 21.1. The van der Waals surface area contributed by atoms with Gasteiger partial charge in [0.05, 0.1) is 19.0 Å². The van der Waals surface area contributed by atoms with Gasteiger partial charge in [-0.1, -0.05) is 25.0 Å². The van der Waals surface area contributed by atoms with Gasteiger partial charge in [-0.25, -0.2) is 4.98 Å². The number of imidazole rings is 1. The molecule has 1 saturated heterocycles. The predicted octanol–water partition coefficient (Wildman–Crippen LogP) is 2.87. The summed E-state index contributed by atoms with van der Waals surface area (Å²) in [5.74, 6) is 0.760. The number of ether oxygens (including phenoxy) is 1. The van der Waals surface area contributed by atoms with E-state index in [1.807, 2.05) is 34.7 Å². The van der Waals surface area contributed by atoms with Crippen LogP contribution in [0.25, 0.3) is 0 Å². The highest BCUT2D eigenvalue weighted by atomic mass is 16.5. The molecule has 4 atom stereocenters. The molecule has 0 radical (unpaired) electrons. The number of carbonyl (C=O) groups excluding carboxylic acids is 2. The summed E-state index contributed by atoms with van der Waals surface area (Å²) in [6.45, 7) is 2.62. The van der Waals surface area contributed by atoms with Crippen LogP contribution in [0.3, 0.4) is 0 Å². The zero-order valence-corrected chi connectivity index (χ0v) is 17.7. The van der Waals surface area contributed by atoms with Crippen molar-refractivity contribution in [3.63, 3.8) is 0 Å². The van der Waals surface area contributed by atoms with Crippen LogP contribution in [-0.4, -0.2) is 51.5 Å². The number of methoxy groups -OCH3 is 1. The molecule has 30 heavy (non-hydrogen) atoms. The summed E-state index contributed by atoms with van der Waals surface area (Å²) in [6, 6.07) is 6.89. The van der Waals surface area contributed by atoms with Crippen LogP contribution in [0.2, 0.25) is 0 Å². The second-order valence-corrected chi connectivity index (χ2v) is 8.45. The molecule has 7 nitrogen and oxygen atoms in total. The Morgan fingerprint density at radius 2 is 2.07 bits per heavy atom. The molecule has 1 aromatic carbocycles. The van der Waals surface area contributed by atoms with Gasteiger partial charge in [0.25, 0.3) is 5.91 Å². The number of amides is 2. The standard InChI is InChI=1S/C23H30N4O3/c1-16(14-26-12-11-24-15-26)25-22(28)20-13-17-7-3-5-9-19(17)27(20)23(29)18-8-4-6-10-21(18)30-2/h4,6,8,10-12,15-17,19-20H,3,5,7,9,13-14H2,1-2H3,(H,25,28)/t16-,17-,19+,20+/m1/s1. The van der Waals surface area contributed by atoms with Gasteiger partial charge >= 0.3 is 0 Å². The summed E-state index contributed by atoms with van der Waals surface area (Å²) >= 11 is 0. The van der Waals surface area contributed by atoms with Crippen LogP contribution < -0.4 is 10.1 Å². The lowest BCUT2D eigenvalue weighted by atomic mass is 9.84. The number of rotatable bonds is 6. The first-order valence-electron chi connectivity index (χ1n) is 10.8. The monoisotopic (exact) mass is 410 g/mol. The van der Waals surface area contributed by atoms with Gasteiger partial charge in [-0.15, -0.1) is 0 Å². The van der Waals surface area contributed by atoms with Crippen molar-refractivity contribution in [1.29, 1.82) is 0 Å². The maximum atomic E-state index is 13.6. The third kappa shape index (κ3) is 4.06. The molecule has 2 heterocycles. The fourth-order valence-corrected chi connectivity index (χ4v) is 5.04. The van der Waals surface area contributed by atoms with E-state index in [0.717, 1.165) is 25.7 Å². The Morgan fingerprint density at radius 1 is 1.27 bits per heavy atom. The number of likely N-dealkylation sites (tertiary alicyclic amines) is 1. The first-order valence-corrected chi connectivity index (χ1v) is 10.8. The largest absolute Gasteiger partial charge is 0.496 e. The van der Waals surface area contributed by atoms with Crippen LogP contribution in [-0.2, 0) is 11.3 Å². The molecule has 0 spiro atoms. The fourth-order valence-electron chi connectivity index (χ4n) is 5.04. The first-order chi connectivity index (χ1) is 14.6. The van der Waals surface area contributed by atoms with Crippen LogP contribution in [0.4, 0.5) is 0 Å². The molecule has 160 valence electrons. The third-order valence-electron chi connectivity index (χ3n) is 6.40. The Morgan fingerprint density at radius 3 is 2.83 bits per heavy atom. The Kier molecular flexibility index (Phi) is 6.06. The quantitative estimate of drug-likeness (QED) is 0.795. The lowest BCUT2D eigenvalue weighted by molar-refractivity contribution is -0.125. The van der Waals surface area contributed by atoms with Crippen molar-refractivity contribution < 1.29 is 14.3 Å². The van der Waals surface area contributed by atoms with E-state index in [-0.39, 0.29) is 23.9 Å². The summed E-state index contributed by atoms with van der Waals surface area (Å²) < 4.78 is 7.37. The minimum Gasteiger partial charge on any atom is -0.496 e. The molecule has 2 aliphatic rings. The van der Waals surface area contributed by atoms with Crippen molar-refractivity contribution in [2.75, 3.05) is 7.11 Å². The molecule has 1 N–H and O–H groups in total. The summed E-state index contributed by atoms with van der Waals surface area (Å²) in [4.78, 5) is 32.8. The molecular formula is C23H30N4O3. The Balaban J connectivity index is 1.55. The van der Waals surface area contributed by atoms with Gasteiger partial charge in [0, 0.05) is 31.0 Å². The Labute approximate surface area is 177 Å². The second-order valence-electron chi connectivity index (χ2n) is 8.45. The Bertz CT molecular complexity index is 882. The topological polar surface area (TPSA) is 76.5 Å². The van der Waals surface area contributed by atoms with E-state index >= 15 is 0 Å². The van der Waals surface area contributed by atoms with Crippen molar-refractivity contribution in [1.82, 2.24) is 19.8 Å². The lowest BCUT2D eigenvalue weighted by Crippen LogP contribution is -2.51. The van der Waals surface area contributed by atoms with E-state index in [9.17, 15) is 9.59 Å². The van der Waals surface area contributed by atoms with E-state index in [2.05, 4.69) is 10.3 Å². The molecule has 2 amide bonds. The number of carbonyl (C=O) groups is 2. The predicted molar refractivity (Wildman–Crippen MR) is 113 cm³/mol. The highest BCUT2D eigenvalue weighted by molar-refractivity contribution is 6.00. The Hall–Kier alpha value is -2.83. The number of hydrogen-bond donors (Lipinski definition) is 1. The van der Waals surface area contributed by atoms with Gasteiger partial charge < -0.3 is 19.5 Å². The van der Waals surface area contributed by atoms with Crippen LogP contribution in [0.15, 0.2) is 43.0 Å². The first kappa shape index (κ1) is 20.4. The average molecular weight is 411 g/mol. The molecule has 0 bridgehead atoms. The number of para-hydroxylation sites is 1. The fraction of sp³-hybridized carbons (Fsp3) is 0.522. The van der Waals surface area contributed by atoms with Crippen LogP contribution in [0, 0.1) is 5.92 Å². The number of aromatic nitrogens is 2. The second kappa shape index (κ2) is 8.90. The maximum absolute atomic E-state index is 13.6. The number of nitrogens with zero attached hydrogens (tertiary/aromatic N) is 3. The van der Waals surface area contributed by atoms with E-state index in [1.54, 1.807) is 31.8 Å². The molecule has 4 rings (SSSR count). The number of benzene rings is 1. The van der Waals surface area contributed by atoms with E-state index in [4.69, 9.17) is 4.74 Å². The van der Waals surface area contributed by atoms with E-state index in [1.165, 1.54) is 6.42 Å². The minimum atomic E-state index is -0.444. The molecule has 1 aliphatic heterocycles. The zero-order valence-electron chi connectivity index (χ0n) is 17.7. The van der Waals surface area contributed by atoms with Crippen molar-refractivity contribution in [2.45, 2.75) is 63.7 Å². The molecule has 2 fully saturated rings. The van der Waals surface area contributed by atoms with Crippen molar-refractivity contribution >= 4 is 11.8 Å². The van der Waals surface area contributed by atoms with Gasteiger partial charge in [-0.05, 0) is 44.2 Å². The lowest BCUT2D eigenvalue weighted by Gasteiger charge is -2.34. The summed E-state index contributed by atoms with van der Waals surface area (Å²) in [6.07, 6.45) is 10.4. The minimum absolute atomic E-state index is 0.0578. The summed E-state index contributed by atoms with van der Waals surface area (Å²) in [7, 11) is 1.57. The smallest absolute Gasteiger partial charge is 0.258 e. The summed E-state index contributed by atoms with van der Waals surface area (Å²) in [5, 5.41) is 3.12. The molecule has 1 aliphatic carbocycles. The van der Waals surface area contributed by atoms with Crippen LogP contribution >= 0.6 is 0 Å². The molecule has 1 aromatic heterocycles. The number of nitrogens with one attached hydrogen (secondary N) is 1. The third-order valence-corrected chi connectivity index (χ3v) is 6.40. The van der Waals surface area contributed by atoms with E-state index < -0.39 is 6.04 Å².